The predicted octanol–water partition coefficient (Wildman–Crippen LogP) is 3.30. The molecule has 0 amide bonds. The fourth-order valence-corrected chi connectivity index (χ4v) is 2.57. The summed E-state index contributed by atoms with van der Waals surface area (Å²) >= 11 is 0. The molecule has 0 aliphatic heterocycles. The van der Waals surface area contributed by atoms with Crippen molar-refractivity contribution in [3.63, 3.8) is 0 Å². The fraction of sp³-hybridized carbons (Fsp3) is 0.571. The van der Waals surface area contributed by atoms with Crippen LogP contribution in [0.3, 0.4) is 0 Å². The lowest BCUT2D eigenvalue weighted by molar-refractivity contribution is -0.0591. The molecule has 4 nitrogen and oxygen atoms in total. The van der Waals surface area contributed by atoms with Gasteiger partial charge < -0.3 is 4.74 Å². The Morgan fingerprint density at radius 1 is 1.20 bits per heavy atom. The molecule has 0 aromatic carbocycles. The summed E-state index contributed by atoms with van der Waals surface area (Å²) < 4.78 is 33.8. The van der Waals surface area contributed by atoms with E-state index in [1.807, 2.05) is 19.9 Å². The monoisotopic (exact) mass is 281 g/mol. The molecule has 2 heterocycles. The zero-order valence-corrected chi connectivity index (χ0v) is 11.6. The van der Waals surface area contributed by atoms with Gasteiger partial charge in [0.25, 0.3) is 0 Å². The van der Waals surface area contributed by atoms with Gasteiger partial charge in [0.1, 0.15) is 6.10 Å². The summed E-state index contributed by atoms with van der Waals surface area (Å²) in [4.78, 5) is 4.37. The summed E-state index contributed by atoms with van der Waals surface area (Å²) in [5.74, 6) is -1.96. The van der Waals surface area contributed by atoms with Gasteiger partial charge in [0.2, 0.25) is 11.8 Å². The summed E-state index contributed by atoms with van der Waals surface area (Å²) in [5.41, 5.74) is 2.40. The van der Waals surface area contributed by atoms with E-state index in [0.29, 0.717) is 18.7 Å². The third-order valence-corrected chi connectivity index (χ3v) is 3.60. The second-order valence-corrected chi connectivity index (χ2v) is 5.46. The number of fused-ring (bicyclic) bond motifs is 1. The molecule has 108 valence electrons. The van der Waals surface area contributed by atoms with E-state index in [1.165, 1.54) is 0 Å². The molecule has 1 aliphatic carbocycles. The van der Waals surface area contributed by atoms with Gasteiger partial charge in [-0.3, -0.25) is 0 Å². The molecule has 0 bridgehead atoms. The molecule has 0 radical (unpaired) electrons. The van der Waals surface area contributed by atoms with E-state index in [-0.39, 0.29) is 18.9 Å². The van der Waals surface area contributed by atoms with Crippen molar-refractivity contribution < 1.29 is 13.5 Å². The lowest BCUT2D eigenvalue weighted by atomic mass is 9.94. The normalized spacial score (nSPS) is 19.4. The molecule has 2 aromatic heterocycles. The van der Waals surface area contributed by atoms with Crippen LogP contribution in [0.2, 0.25) is 0 Å². The van der Waals surface area contributed by atoms with E-state index in [0.717, 1.165) is 17.0 Å². The Balaban J connectivity index is 1.84. The molecule has 1 aliphatic rings. The first-order chi connectivity index (χ1) is 9.43. The zero-order chi connectivity index (χ0) is 14.3. The molecule has 6 heteroatoms. The van der Waals surface area contributed by atoms with Crippen molar-refractivity contribution in [3.8, 4) is 5.88 Å². The first kappa shape index (κ1) is 13.3. The summed E-state index contributed by atoms with van der Waals surface area (Å²) in [6.07, 6.45) is 0.349. The summed E-state index contributed by atoms with van der Waals surface area (Å²) in [6, 6.07) is 3.67. The van der Waals surface area contributed by atoms with Crippen molar-refractivity contribution in [2.75, 3.05) is 0 Å². The van der Waals surface area contributed by atoms with Crippen LogP contribution in [0, 0.1) is 13.8 Å². The van der Waals surface area contributed by atoms with E-state index >= 15 is 0 Å². The average molecular weight is 281 g/mol. The Morgan fingerprint density at radius 2 is 1.90 bits per heavy atom. The van der Waals surface area contributed by atoms with E-state index in [4.69, 9.17) is 4.74 Å². The number of aromatic nitrogens is 3. The summed E-state index contributed by atoms with van der Waals surface area (Å²) in [6.45, 7) is 3.76. The third-order valence-electron chi connectivity index (χ3n) is 3.60. The van der Waals surface area contributed by atoms with Crippen molar-refractivity contribution >= 4 is 5.65 Å². The van der Waals surface area contributed by atoms with Crippen LogP contribution in [0.25, 0.3) is 5.65 Å². The SMILES string of the molecule is Cc1cc(OC2CCC(F)(F)CC2)n2nc(C)cc2n1. The number of alkyl halides is 2. The maximum absolute atomic E-state index is 13.2. The maximum Gasteiger partial charge on any atom is 0.248 e. The van der Waals surface area contributed by atoms with Crippen molar-refractivity contribution in [1.29, 1.82) is 0 Å². The number of hydrogen-bond acceptors (Lipinski definition) is 3. The van der Waals surface area contributed by atoms with Gasteiger partial charge in [-0.1, -0.05) is 0 Å². The Morgan fingerprint density at radius 3 is 2.60 bits per heavy atom. The predicted molar refractivity (Wildman–Crippen MR) is 70.3 cm³/mol. The molecule has 1 saturated carbocycles. The highest BCUT2D eigenvalue weighted by atomic mass is 19.3. The molecule has 3 rings (SSSR count). The second kappa shape index (κ2) is 4.68. The van der Waals surface area contributed by atoms with Crippen LogP contribution < -0.4 is 4.74 Å². The zero-order valence-electron chi connectivity index (χ0n) is 11.6. The van der Waals surface area contributed by atoms with Crippen LogP contribution in [-0.4, -0.2) is 26.6 Å². The van der Waals surface area contributed by atoms with Crippen LogP contribution in [-0.2, 0) is 0 Å². The quantitative estimate of drug-likeness (QED) is 0.848. The number of rotatable bonds is 2. The van der Waals surface area contributed by atoms with Crippen molar-refractivity contribution in [3.05, 3.63) is 23.5 Å². The third kappa shape index (κ3) is 2.59. The van der Waals surface area contributed by atoms with Crippen molar-refractivity contribution in [1.82, 2.24) is 14.6 Å². The molecular weight excluding hydrogens is 264 g/mol. The van der Waals surface area contributed by atoms with Gasteiger partial charge in [0.15, 0.2) is 5.65 Å². The minimum Gasteiger partial charge on any atom is -0.474 e. The number of ether oxygens (including phenoxy) is 1. The van der Waals surface area contributed by atoms with Crippen LogP contribution in [0.5, 0.6) is 5.88 Å². The van der Waals surface area contributed by atoms with Crippen LogP contribution in [0.4, 0.5) is 8.78 Å². The smallest absolute Gasteiger partial charge is 0.248 e. The number of hydrogen-bond donors (Lipinski definition) is 0. The molecule has 0 spiro atoms. The van der Waals surface area contributed by atoms with Crippen molar-refractivity contribution in [2.24, 2.45) is 0 Å². The Labute approximate surface area is 115 Å². The second-order valence-electron chi connectivity index (χ2n) is 5.46. The lowest BCUT2D eigenvalue weighted by Crippen LogP contribution is -2.31. The lowest BCUT2D eigenvalue weighted by Gasteiger charge is -2.28. The highest BCUT2D eigenvalue weighted by Crippen LogP contribution is 2.34. The number of aryl methyl sites for hydroxylation is 2. The average Bonchev–Trinajstić information content (AvgIpc) is 2.72. The van der Waals surface area contributed by atoms with Gasteiger partial charge >= 0.3 is 0 Å². The largest absolute Gasteiger partial charge is 0.474 e. The minimum atomic E-state index is -2.54. The van der Waals surface area contributed by atoms with Gasteiger partial charge in [-0.2, -0.15) is 9.61 Å². The van der Waals surface area contributed by atoms with Crippen LogP contribution in [0.1, 0.15) is 37.1 Å². The maximum atomic E-state index is 13.2. The van der Waals surface area contributed by atoms with Gasteiger partial charge in [-0.05, 0) is 26.7 Å². The minimum absolute atomic E-state index is 0.108. The van der Waals surface area contributed by atoms with Gasteiger partial charge in [0, 0.05) is 30.7 Å². The summed E-state index contributed by atoms with van der Waals surface area (Å²) in [7, 11) is 0. The summed E-state index contributed by atoms with van der Waals surface area (Å²) in [5, 5.41) is 4.33. The molecule has 20 heavy (non-hydrogen) atoms. The van der Waals surface area contributed by atoms with Crippen LogP contribution >= 0.6 is 0 Å². The molecule has 0 N–H and O–H groups in total. The first-order valence-corrected chi connectivity index (χ1v) is 6.81. The Kier molecular flexibility index (Phi) is 3.11. The van der Waals surface area contributed by atoms with Gasteiger partial charge in [-0.25, -0.2) is 13.8 Å². The molecule has 1 fully saturated rings. The van der Waals surface area contributed by atoms with E-state index < -0.39 is 5.92 Å². The molecule has 0 atom stereocenters. The molecule has 0 unspecified atom stereocenters. The topological polar surface area (TPSA) is 39.4 Å². The van der Waals surface area contributed by atoms with E-state index in [2.05, 4.69) is 10.1 Å². The van der Waals surface area contributed by atoms with E-state index in [9.17, 15) is 8.78 Å². The fourth-order valence-electron chi connectivity index (χ4n) is 2.57. The van der Waals surface area contributed by atoms with E-state index in [1.54, 1.807) is 10.6 Å². The molecule has 0 saturated heterocycles. The van der Waals surface area contributed by atoms with Crippen molar-refractivity contribution in [2.45, 2.75) is 51.6 Å². The molecule has 2 aromatic rings. The van der Waals surface area contributed by atoms with Gasteiger partial charge in [-0.15, -0.1) is 0 Å². The Hall–Kier alpha value is -1.72. The highest BCUT2D eigenvalue weighted by molar-refractivity contribution is 5.43. The number of halogens is 2. The van der Waals surface area contributed by atoms with Gasteiger partial charge in [0.05, 0.1) is 5.69 Å². The Bertz CT molecular complexity index is 629. The van der Waals surface area contributed by atoms with Crippen LogP contribution in [0.15, 0.2) is 12.1 Å². The first-order valence-electron chi connectivity index (χ1n) is 6.81. The molecular formula is C14H17F2N3O. The number of nitrogens with zero attached hydrogens (tertiary/aromatic N) is 3. The highest BCUT2D eigenvalue weighted by Gasteiger charge is 2.36. The standard InChI is InChI=1S/C14H17F2N3O/c1-9-8-13(19-12(17-9)7-10(2)18-19)20-11-3-5-14(15,16)6-4-11/h7-8,11H,3-6H2,1-2H3.